The molecule has 0 aromatic heterocycles. The van der Waals surface area contributed by atoms with Crippen molar-refractivity contribution in [1.29, 1.82) is 0 Å². The van der Waals surface area contributed by atoms with Gasteiger partial charge in [-0.2, -0.15) is 0 Å². The molecule has 0 amide bonds. The minimum Gasteiger partial charge on any atom is -0.462 e. The number of rotatable bonds is 24. The maximum absolute atomic E-state index is 15.0. The van der Waals surface area contributed by atoms with Crippen LogP contribution < -0.4 is 0 Å². The minimum absolute atomic E-state index is 0.00474. The smallest absolute Gasteiger partial charge is 0.462 e. The molecular weight excluding hydrogens is 1590 g/mol. The average Bonchev–Trinajstić information content (AvgIpc) is 0.752. The second kappa shape index (κ2) is 41.8. The number of esters is 5. The van der Waals surface area contributed by atoms with Crippen molar-refractivity contribution in [2.45, 2.75) is 561 Å². The number of likely N-dealkylation sites (tertiary alicyclic amines) is 7. The summed E-state index contributed by atoms with van der Waals surface area (Å²) < 4.78 is 42.0. The molecule has 7 aliphatic rings. The SMILES string of the molecule is CCC(=O)OC1CC(C)(C)N(C)C(C)(C)C1.CCCCC(Cc1cc(C(C)(C)C)c(C)c(C(C)(C)C)c1)(C(=O)OC1CC(C)(C)N(C)C(C)(C)C1)C(=O)OC1CC(C)(C)N(C)C(C)(C)C1.CN1C(C)(C)CC(OC(=O)CCCCCCCCC(=O)OC2CC(C)(C)N(C)C(C)(C)C2)CC1(C)C.CN1C(C)(C)CC(OC(=O)OC2CC(C)(C)N(C)C(C)(C)C2)CC1(C)C. The minimum atomic E-state index is -1.45. The van der Waals surface area contributed by atoms with Crippen molar-refractivity contribution >= 4 is 36.0 Å². The van der Waals surface area contributed by atoms with Crippen LogP contribution in [-0.4, -0.2) is 240 Å². The third-order valence-corrected chi connectivity index (χ3v) is 32.5. The van der Waals surface area contributed by atoms with Gasteiger partial charge in [-0.3, -0.25) is 58.3 Å². The van der Waals surface area contributed by atoms with Gasteiger partial charge in [0.2, 0.25) is 0 Å². The van der Waals surface area contributed by atoms with Gasteiger partial charge in [-0.25, -0.2) is 4.79 Å². The maximum atomic E-state index is 15.0. The molecule has 0 saturated carbocycles. The molecule has 0 unspecified atom stereocenters. The van der Waals surface area contributed by atoms with Gasteiger partial charge in [-0.05, 0) is 309 Å². The highest BCUT2D eigenvalue weighted by Gasteiger charge is 2.56. The Hall–Kier alpha value is -4.44. The summed E-state index contributed by atoms with van der Waals surface area (Å²) >= 11 is 0. The second-order valence-electron chi connectivity index (χ2n) is 51.4. The third kappa shape index (κ3) is 30.0. The summed E-state index contributed by atoms with van der Waals surface area (Å²) in [5.41, 5.74) is 2.70. The van der Waals surface area contributed by atoms with E-state index in [9.17, 15) is 19.2 Å². The zero-order valence-electron chi connectivity index (χ0n) is 90.2. The van der Waals surface area contributed by atoms with E-state index in [0.29, 0.717) is 51.4 Å². The summed E-state index contributed by atoms with van der Waals surface area (Å²) in [5.74, 6) is -1.04. The lowest BCUT2D eigenvalue weighted by Crippen LogP contribution is -2.61. The fraction of sp³-hybridized carbons (Fsp3) is 0.888. The largest absolute Gasteiger partial charge is 0.508 e. The average molecular weight is 1790 g/mol. The first kappa shape index (κ1) is 113. The molecule has 0 spiro atoms. The van der Waals surface area contributed by atoms with Crippen molar-refractivity contribution in [3.05, 3.63) is 34.4 Å². The van der Waals surface area contributed by atoms with Crippen molar-refractivity contribution < 1.29 is 61.9 Å². The number of benzene rings is 1. The Kier molecular flexibility index (Phi) is 37.2. The monoisotopic (exact) mass is 1790 g/mol. The number of unbranched alkanes of at least 4 members (excludes halogenated alkanes) is 6. The van der Waals surface area contributed by atoms with Crippen LogP contribution in [-0.2, 0) is 74.4 Å². The zero-order chi connectivity index (χ0) is 97.8. The number of carbonyl (C=O) groups excluding carboxylic acids is 6. The molecule has 0 radical (unpaired) electrons. The molecule has 7 heterocycles. The molecular formula is C107H195N7O13. The molecule has 7 fully saturated rings. The Bertz CT molecular complexity index is 3480. The van der Waals surface area contributed by atoms with Crippen LogP contribution in [0, 0.1) is 12.3 Å². The lowest BCUT2D eigenvalue weighted by molar-refractivity contribution is -0.188. The molecule has 127 heavy (non-hydrogen) atoms. The number of carbonyl (C=O) groups is 6. The van der Waals surface area contributed by atoms with E-state index in [2.05, 4.69) is 345 Å². The van der Waals surface area contributed by atoms with Gasteiger partial charge in [-0.15, -0.1) is 0 Å². The van der Waals surface area contributed by atoms with Crippen molar-refractivity contribution in [3.63, 3.8) is 0 Å². The standard InChI is InChI=1S/C43H74N2O4.C30H56N2O4.C21H40N2O3.C13H25NO2/c1-19-20-21-43(35(46)48-31-25-39(9,10)44(17)40(11,12)26-31,36(47)49-32-27-41(13,14)45(18)42(15,16)28-32)24-30-22-33(37(3,4)5)29(2)34(23-30)38(6,7)8;1-27(2)19-23(20-28(3,4)31(27)9)35-25(33)17-15-13-11-12-14-16-18-26(34)36-24-21-29(5,6)32(10)30(7,8)22-24;1-18(2)11-15(12-19(3,4)22(18)9)25-17(24)26-16-13-20(5,6)23(10)21(7,8)14-16;1-7-11(15)16-10-8-12(2,3)14(6)13(4,5)9-10/h22-23,31-32H,19-21,24-28H2,1-18H3;23-24H,11-22H2,1-10H3;15-16H,11-14H2,1-10H3;10H,7-9H2,1-6H3. The Morgan fingerprint density at radius 2 is 0.496 bits per heavy atom. The van der Waals surface area contributed by atoms with E-state index in [1.807, 2.05) is 6.92 Å². The van der Waals surface area contributed by atoms with E-state index < -0.39 is 23.5 Å². The first-order valence-electron chi connectivity index (χ1n) is 49.4. The van der Waals surface area contributed by atoms with Crippen molar-refractivity contribution in [3.8, 4) is 0 Å². The summed E-state index contributed by atoms with van der Waals surface area (Å²) in [4.78, 5) is 95.4. The molecule has 0 N–H and O–H groups in total. The van der Waals surface area contributed by atoms with Crippen LogP contribution in [0.5, 0.6) is 0 Å². The van der Waals surface area contributed by atoms with Gasteiger partial charge in [-0.1, -0.05) is 106 Å². The first-order chi connectivity index (χ1) is 57.2. The van der Waals surface area contributed by atoms with Crippen LogP contribution in [0.1, 0.15) is 438 Å². The van der Waals surface area contributed by atoms with Crippen LogP contribution in [0.15, 0.2) is 12.1 Å². The quantitative estimate of drug-likeness (QED) is 0.0411. The van der Waals surface area contributed by atoms with Gasteiger partial charge in [0, 0.05) is 187 Å². The highest BCUT2D eigenvalue weighted by molar-refractivity contribution is 6.00. The zero-order valence-corrected chi connectivity index (χ0v) is 90.2. The van der Waals surface area contributed by atoms with E-state index in [4.69, 9.17) is 33.2 Å². The molecule has 0 aliphatic carbocycles. The van der Waals surface area contributed by atoms with Gasteiger partial charge >= 0.3 is 36.0 Å². The summed E-state index contributed by atoms with van der Waals surface area (Å²) in [7, 11) is 15.1. The van der Waals surface area contributed by atoms with E-state index in [1.165, 1.54) is 16.7 Å². The molecule has 0 bridgehead atoms. The summed E-state index contributed by atoms with van der Waals surface area (Å²) in [6.07, 6.45) is 20.0. The predicted octanol–water partition coefficient (Wildman–Crippen LogP) is 23.2. The van der Waals surface area contributed by atoms with E-state index >= 15 is 9.59 Å². The molecule has 20 heteroatoms. The molecule has 1 aromatic rings. The topological polar surface area (TPSA) is 190 Å². The van der Waals surface area contributed by atoms with Crippen LogP contribution in [0.2, 0.25) is 0 Å². The highest BCUT2D eigenvalue weighted by Crippen LogP contribution is 2.49. The van der Waals surface area contributed by atoms with Gasteiger partial charge < -0.3 is 33.2 Å². The van der Waals surface area contributed by atoms with E-state index in [0.717, 1.165) is 121 Å². The van der Waals surface area contributed by atoms with Crippen LogP contribution in [0.25, 0.3) is 0 Å². The molecule has 736 valence electrons. The molecule has 20 nitrogen and oxygen atoms in total. The third-order valence-electron chi connectivity index (χ3n) is 32.5. The normalized spacial score (nSPS) is 24.7. The number of nitrogens with zero attached hydrogens (tertiary/aromatic N) is 7. The Labute approximate surface area is 777 Å². The molecule has 1 aromatic carbocycles. The van der Waals surface area contributed by atoms with E-state index in [-0.39, 0.29) is 155 Å². The van der Waals surface area contributed by atoms with Crippen molar-refractivity contribution in [1.82, 2.24) is 34.3 Å². The maximum Gasteiger partial charge on any atom is 0.508 e. The van der Waals surface area contributed by atoms with Crippen LogP contribution >= 0.6 is 0 Å². The number of ether oxygens (including phenoxy) is 7. The summed E-state index contributed by atoms with van der Waals surface area (Å²) in [6.45, 7) is 81.6. The number of hydrogen-bond donors (Lipinski definition) is 0. The fourth-order valence-electron chi connectivity index (χ4n) is 23.2. The highest BCUT2D eigenvalue weighted by atomic mass is 16.7. The summed E-state index contributed by atoms with van der Waals surface area (Å²) in [5, 5.41) is 0. The van der Waals surface area contributed by atoms with Crippen LogP contribution in [0.3, 0.4) is 0 Å². The van der Waals surface area contributed by atoms with Gasteiger partial charge in [0.15, 0.2) is 5.41 Å². The Morgan fingerprint density at radius 1 is 0.299 bits per heavy atom. The molecule has 0 atom stereocenters. The fourth-order valence-corrected chi connectivity index (χ4v) is 23.2. The van der Waals surface area contributed by atoms with Gasteiger partial charge in [0.1, 0.15) is 42.7 Å². The second-order valence-corrected chi connectivity index (χ2v) is 51.4. The first-order valence-corrected chi connectivity index (χ1v) is 49.4. The van der Waals surface area contributed by atoms with Gasteiger partial charge in [0.05, 0.1) is 0 Å². The lowest BCUT2D eigenvalue weighted by Gasteiger charge is -2.53. The van der Waals surface area contributed by atoms with Crippen molar-refractivity contribution in [2.24, 2.45) is 5.41 Å². The number of hydrogen-bond acceptors (Lipinski definition) is 20. The lowest BCUT2D eigenvalue weighted by atomic mass is 9.72. The summed E-state index contributed by atoms with van der Waals surface area (Å²) in [6, 6.07) is 4.49. The van der Waals surface area contributed by atoms with Crippen molar-refractivity contribution in [2.75, 3.05) is 49.3 Å². The molecule has 8 rings (SSSR count). The van der Waals surface area contributed by atoms with E-state index in [1.54, 1.807) is 0 Å². The Morgan fingerprint density at radius 3 is 0.701 bits per heavy atom. The Balaban J connectivity index is 0.000000321. The van der Waals surface area contributed by atoms with Gasteiger partial charge in [0.25, 0.3) is 0 Å². The molecule has 7 aliphatic heterocycles. The predicted molar refractivity (Wildman–Crippen MR) is 522 cm³/mol. The molecule has 7 saturated heterocycles. The number of piperidine rings is 7. The van der Waals surface area contributed by atoms with Crippen LogP contribution in [0.4, 0.5) is 4.79 Å².